The van der Waals surface area contributed by atoms with Crippen molar-refractivity contribution >= 4 is 38.6 Å². The molecule has 0 spiro atoms. The third kappa shape index (κ3) is 2.23. The lowest BCUT2D eigenvalue weighted by molar-refractivity contribution is 0.810. The molecule has 0 bridgehead atoms. The maximum Gasteiger partial charge on any atom is 0.107 e. The maximum absolute atomic E-state index is 4.34. The number of hydrogen-bond acceptors (Lipinski definition) is 4. The Morgan fingerprint density at radius 1 is 1.50 bits per heavy atom. The minimum Gasteiger partial charge on any atom is -0.314 e. The molecule has 0 atom stereocenters. The van der Waals surface area contributed by atoms with Crippen LogP contribution in [0.5, 0.6) is 0 Å². The molecule has 0 aliphatic heterocycles. The van der Waals surface area contributed by atoms with Crippen LogP contribution in [-0.4, -0.2) is 12.0 Å². The third-order valence-electron chi connectivity index (χ3n) is 1.69. The summed E-state index contributed by atoms with van der Waals surface area (Å²) in [6.07, 6.45) is 1.94. The first-order valence-electron chi connectivity index (χ1n) is 4.13. The molecule has 0 saturated carbocycles. The lowest BCUT2D eigenvalue weighted by Crippen LogP contribution is -2.03. The predicted octanol–water partition coefficient (Wildman–Crippen LogP) is 3.35. The van der Waals surface area contributed by atoms with Crippen LogP contribution in [0.4, 0.5) is 0 Å². The first kappa shape index (κ1) is 10.3. The van der Waals surface area contributed by atoms with Gasteiger partial charge in [-0.1, -0.05) is 0 Å². The van der Waals surface area contributed by atoms with Crippen molar-refractivity contribution in [1.82, 2.24) is 10.3 Å². The molecule has 5 heteroatoms. The summed E-state index contributed by atoms with van der Waals surface area (Å²) in [5.41, 5.74) is 0. The average Bonchev–Trinajstić information content (AvgIpc) is 2.74. The summed E-state index contributed by atoms with van der Waals surface area (Å²) in [6.45, 7) is 0.844. The highest BCUT2D eigenvalue weighted by molar-refractivity contribution is 9.10. The number of rotatable bonds is 3. The highest BCUT2D eigenvalue weighted by Gasteiger charge is 2.05. The van der Waals surface area contributed by atoms with Gasteiger partial charge in [0.15, 0.2) is 0 Å². The van der Waals surface area contributed by atoms with Gasteiger partial charge in [0.25, 0.3) is 0 Å². The van der Waals surface area contributed by atoms with Gasteiger partial charge >= 0.3 is 0 Å². The predicted molar refractivity (Wildman–Crippen MR) is 65.9 cm³/mol. The van der Waals surface area contributed by atoms with Gasteiger partial charge in [0.05, 0.1) is 4.88 Å². The molecule has 2 aromatic heterocycles. The molecule has 0 fully saturated rings. The Kier molecular flexibility index (Phi) is 3.33. The highest BCUT2D eigenvalue weighted by Crippen LogP contribution is 2.33. The molecule has 74 valence electrons. The van der Waals surface area contributed by atoms with Crippen molar-refractivity contribution in [2.24, 2.45) is 0 Å². The van der Waals surface area contributed by atoms with Crippen molar-refractivity contribution in [2.45, 2.75) is 6.54 Å². The first-order valence-corrected chi connectivity index (χ1v) is 6.62. The van der Waals surface area contributed by atoms with Crippen molar-refractivity contribution < 1.29 is 0 Å². The summed E-state index contributed by atoms with van der Waals surface area (Å²) in [5.74, 6) is 0. The largest absolute Gasteiger partial charge is 0.314 e. The van der Waals surface area contributed by atoms with E-state index in [0.29, 0.717) is 0 Å². The van der Waals surface area contributed by atoms with E-state index >= 15 is 0 Å². The zero-order valence-corrected chi connectivity index (χ0v) is 10.8. The van der Waals surface area contributed by atoms with E-state index in [1.165, 1.54) is 9.75 Å². The van der Waals surface area contributed by atoms with Gasteiger partial charge in [0.2, 0.25) is 0 Å². The molecule has 0 saturated heterocycles. The summed E-state index contributed by atoms with van der Waals surface area (Å²) < 4.78 is 1.14. The third-order valence-corrected chi connectivity index (χ3v) is 4.58. The van der Waals surface area contributed by atoms with Crippen LogP contribution in [-0.2, 0) is 6.54 Å². The minimum absolute atomic E-state index is 0.844. The second-order valence-electron chi connectivity index (χ2n) is 2.78. The monoisotopic (exact) mass is 288 g/mol. The van der Waals surface area contributed by atoms with Gasteiger partial charge in [-0.05, 0) is 29.0 Å². The van der Waals surface area contributed by atoms with Gasteiger partial charge < -0.3 is 5.32 Å². The standard InChI is InChI=1S/C9H9BrN2S2/c1-11-4-9-12-3-8(14-9)7-2-6(10)5-13-7/h2-3,5,11H,4H2,1H3. The van der Waals surface area contributed by atoms with E-state index in [1.807, 2.05) is 13.2 Å². The molecule has 0 unspecified atom stereocenters. The van der Waals surface area contributed by atoms with E-state index in [0.717, 1.165) is 16.0 Å². The fourth-order valence-electron chi connectivity index (χ4n) is 1.10. The highest BCUT2D eigenvalue weighted by atomic mass is 79.9. The Labute approximate surface area is 99.1 Å². The van der Waals surface area contributed by atoms with Gasteiger partial charge in [0, 0.05) is 27.5 Å². The molecule has 0 aromatic carbocycles. The maximum atomic E-state index is 4.34. The first-order chi connectivity index (χ1) is 6.79. The van der Waals surface area contributed by atoms with Crippen LogP contribution < -0.4 is 5.32 Å². The minimum atomic E-state index is 0.844. The summed E-state index contributed by atoms with van der Waals surface area (Å²) in [4.78, 5) is 6.86. The zero-order valence-electron chi connectivity index (χ0n) is 7.58. The molecule has 0 aliphatic carbocycles. The number of thiazole rings is 1. The summed E-state index contributed by atoms with van der Waals surface area (Å²) in [5, 5.41) is 6.32. The topological polar surface area (TPSA) is 24.9 Å². The fourth-order valence-corrected chi connectivity index (χ4v) is 3.54. The number of thiophene rings is 1. The van der Waals surface area contributed by atoms with E-state index in [4.69, 9.17) is 0 Å². The number of halogens is 1. The SMILES string of the molecule is CNCc1ncc(-c2cc(Br)cs2)s1. The molecule has 2 heterocycles. The zero-order chi connectivity index (χ0) is 9.97. The Morgan fingerprint density at radius 3 is 3.00 bits per heavy atom. The van der Waals surface area contributed by atoms with Crippen LogP contribution in [0, 0.1) is 0 Å². The molecule has 2 aromatic rings. The van der Waals surface area contributed by atoms with Crippen molar-refractivity contribution in [3.05, 3.63) is 27.1 Å². The Bertz CT molecular complexity index is 422. The average molecular weight is 289 g/mol. The lowest BCUT2D eigenvalue weighted by Gasteiger charge is -1.90. The normalized spacial score (nSPS) is 10.7. The van der Waals surface area contributed by atoms with Gasteiger partial charge in [-0.25, -0.2) is 4.98 Å². The van der Waals surface area contributed by atoms with Crippen molar-refractivity contribution in [2.75, 3.05) is 7.05 Å². The number of nitrogens with zero attached hydrogens (tertiary/aromatic N) is 1. The van der Waals surface area contributed by atoms with Crippen LogP contribution >= 0.6 is 38.6 Å². The molecular weight excluding hydrogens is 280 g/mol. The number of aromatic nitrogens is 1. The van der Waals surface area contributed by atoms with E-state index in [1.54, 1.807) is 22.7 Å². The Hall–Kier alpha value is -0.230. The molecule has 0 amide bonds. The molecule has 2 nitrogen and oxygen atoms in total. The molecule has 14 heavy (non-hydrogen) atoms. The summed E-state index contributed by atoms with van der Waals surface area (Å²) >= 11 is 6.93. The lowest BCUT2D eigenvalue weighted by atomic mass is 10.4. The van der Waals surface area contributed by atoms with Crippen molar-refractivity contribution in [3.8, 4) is 9.75 Å². The Balaban J connectivity index is 2.24. The molecular formula is C9H9BrN2S2. The molecule has 0 aliphatic rings. The van der Waals surface area contributed by atoms with E-state index in [-0.39, 0.29) is 0 Å². The van der Waals surface area contributed by atoms with Gasteiger partial charge in [0.1, 0.15) is 5.01 Å². The van der Waals surface area contributed by atoms with E-state index < -0.39 is 0 Å². The van der Waals surface area contributed by atoms with Crippen molar-refractivity contribution in [3.63, 3.8) is 0 Å². The number of hydrogen-bond donors (Lipinski definition) is 1. The molecule has 0 radical (unpaired) electrons. The quantitative estimate of drug-likeness (QED) is 0.937. The van der Waals surface area contributed by atoms with Crippen molar-refractivity contribution in [1.29, 1.82) is 0 Å². The Morgan fingerprint density at radius 2 is 2.36 bits per heavy atom. The second kappa shape index (κ2) is 4.53. The van der Waals surface area contributed by atoms with Gasteiger partial charge in [-0.3, -0.25) is 0 Å². The smallest absolute Gasteiger partial charge is 0.107 e. The summed E-state index contributed by atoms with van der Waals surface area (Å²) in [7, 11) is 1.93. The van der Waals surface area contributed by atoms with E-state index in [2.05, 4.69) is 37.7 Å². The van der Waals surface area contributed by atoms with Crippen LogP contribution in [0.25, 0.3) is 9.75 Å². The van der Waals surface area contributed by atoms with Crippen LogP contribution in [0.2, 0.25) is 0 Å². The van der Waals surface area contributed by atoms with Gasteiger partial charge in [-0.15, -0.1) is 22.7 Å². The second-order valence-corrected chi connectivity index (χ2v) is 5.72. The van der Waals surface area contributed by atoms with Crippen LogP contribution in [0.1, 0.15) is 5.01 Å². The summed E-state index contributed by atoms with van der Waals surface area (Å²) in [6, 6.07) is 2.13. The molecule has 1 N–H and O–H groups in total. The fraction of sp³-hybridized carbons (Fsp3) is 0.222. The van der Waals surface area contributed by atoms with Gasteiger partial charge in [-0.2, -0.15) is 0 Å². The van der Waals surface area contributed by atoms with Crippen LogP contribution in [0.15, 0.2) is 22.1 Å². The van der Waals surface area contributed by atoms with Crippen LogP contribution in [0.3, 0.4) is 0 Å². The number of nitrogens with one attached hydrogen (secondary N) is 1. The van der Waals surface area contributed by atoms with E-state index in [9.17, 15) is 0 Å². The molecule has 2 rings (SSSR count).